The quantitative estimate of drug-likeness (QED) is 0.744. The molecule has 1 aliphatic rings. The summed E-state index contributed by atoms with van der Waals surface area (Å²) in [5.74, 6) is -0.0903. The van der Waals surface area contributed by atoms with Gasteiger partial charge < -0.3 is 5.32 Å². The van der Waals surface area contributed by atoms with Crippen molar-refractivity contribution in [3.63, 3.8) is 0 Å². The van der Waals surface area contributed by atoms with Crippen molar-refractivity contribution in [1.29, 1.82) is 0 Å². The van der Waals surface area contributed by atoms with Crippen LogP contribution in [0.2, 0.25) is 0 Å². The van der Waals surface area contributed by atoms with Crippen molar-refractivity contribution in [2.45, 2.75) is 45.2 Å². The SMILES string of the molecule is Cc1c(F)cccc1C1CCCC(C)N1. The molecule has 1 fully saturated rings. The molecule has 1 nitrogen and oxygen atoms in total. The molecule has 1 aromatic rings. The van der Waals surface area contributed by atoms with E-state index in [0.29, 0.717) is 12.1 Å². The van der Waals surface area contributed by atoms with Crippen LogP contribution in [0.3, 0.4) is 0 Å². The van der Waals surface area contributed by atoms with E-state index in [2.05, 4.69) is 12.2 Å². The Balaban J connectivity index is 2.24. The minimum atomic E-state index is -0.0903. The van der Waals surface area contributed by atoms with Crippen LogP contribution >= 0.6 is 0 Å². The minimum Gasteiger partial charge on any atom is -0.307 e. The molecule has 0 bridgehead atoms. The Bertz CT molecular complexity index is 348. The maximum atomic E-state index is 13.4. The summed E-state index contributed by atoms with van der Waals surface area (Å²) in [6.07, 6.45) is 3.58. The fraction of sp³-hybridized carbons (Fsp3) is 0.538. The van der Waals surface area contributed by atoms with Gasteiger partial charge in [-0.05, 0) is 43.9 Å². The fourth-order valence-electron chi connectivity index (χ4n) is 2.39. The second-order valence-electron chi connectivity index (χ2n) is 4.51. The molecule has 0 aromatic heterocycles. The molecule has 0 radical (unpaired) electrons. The number of nitrogens with one attached hydrogen (secondary N) is 1. The summed E-state index contributed by atoms with van der Waals surface area (Å²) in [7, 11) is 0. The number of benzene rings is 1. The molecule has 2 heteroatoms. The maximum Gasteiger partial charge on any atom is 0.126 e. The van der Waals surface area contributed by atoms with E-state index < -0.39 is 0 Å². The Morgan fingerprint density at radius 1 is 1.33 bits per heavy atom. The summed E-state index contributed by atoms with van der Waals surface area (Å²) in [5.41, 5.74) is 1.92. The lowest BCUT2D eigenvalue weighted by atomic mass is 9.91. The highest BCUT2D eigenvalue weighted by Crippen LogP contribution is 2.28. The third-order valence-electron chi connectivity index (χ3n) is 3.30. The van der Waals surface area contributed by atoms with Gasteiger partial charge in [-0.2, -0.15) is 0 Å². The first-order valence-electron chi connectivity index (χ1n) is 5.69. The number of hydrogen-bond acceptors (Lipinski definition) is 1. The summed E-state index contributed by atoms with van der Waals surface area (Å²) in [5, 5.41) is 3.53. The van der Waals surface area contributed by atoms with Crippen molar-refractivity contribution in [2.75, 3.05) is 0 Å². The zero-order valence-electron chi connectivity index (χ0n) is 9.39. The van der Waals surface area contributed by atoms with Crippen LogP contribution in [0.25, 0.3) is 0 Å². The van der Waals surface area contributed by atoms with E-state index in [1.807, 2.05) is 13.0 Å². The normalized spacial score (nSPS) is 26.6. The van der Waals surface area contributed by atoms with Crippen LogP contribution in [0.1, 0.15) is 43.4 Å². The second kappa shape index (κ2) is 4.31. The van der Waals surface area contributed by atoms with Gasteiger partial charge in [0.05, 0.1) is 0 Å². The maximum absolute atomic E-state index is 13.4. The Morgan fingerprint density at radius 3 is 2.87 bits per heavy atom. The van der Waals surface area contributed by atoms with Gasteiger partial charge in [-0.25, -0.2) is 4.39 Å². The molecule has 82 valence electrons. The first-order chi connectivity index (χ1) is 7.18. The summed E-state index contributed by atoms with van der Waals surface area (Å²) in [6.45, 7) is 4.06. The van der Waals surface area contributed by atoms with Crippen LogP contribution in [0.4, 0.5) is 4.39 Å². The molecular weight excluding hydrogens is 189 g/mol. The van der Waals surface area contributed by atoms with Crippen LogP contribution < -0.4 is 5.32 Å². The van der Waals surface area contributed by atoms with E-state index in [1.54, 1.807) is 6.07 Å². The Kier molecular flexibility index (Phi) is 3.06. The number of halogens is 1. The van der Waals surface area contributed by atoms with Crippen molar-refractivity contribution in [1.82, 2.24) is 5.32 Å². The van der Waals surface area contributed by atoms with E-state index in [0.717, 1.165) is 17.5 Å². The molecule has 1 N–H and O–H groups in total. The van der Waals surface area contributed by atoms with E-state index in [9.17, 15) is 4.39 Å². The van der Waals surface area contributed by atoms with E-state index in [1.165, 1.54) is 18.9 Å². The molecule has 1 heterocycles. The monoisotopic (exact) mass is 207 g/mol. The van der Waals surface area contributed by atoms with Gasteiger partial charge in [0.25, 0.3) is 0 Å². The minimum absolute atomic E-state index is 0.0903. The van der Waals surface area contributed by atoms with Crippen LogP contribution in [-0.4, -0.2) is 6.04 Å². The third-order valence-corrected chi connectivity index (χ3v) is 3.30. The molecule has 2 atom stereocenters. The molecular formula is C13H18FN. The van der Waals surface area contributed by atoms with E-state index >= 15 is 0 Å². The molecule has 2 unspecified atom stereocenters. The second-order valence-corrected chi connectivity index (χ2v) is 4.51. The Morgan fingerprint density at radius 2 is 2.13 bits per heavy atom. The summed E-state index contributed by atoms with van der Waals surface area (Å²) >= 11 is 0. The highest BCUT2D eigenvalue weighted by atomic mass is 19.1. The number of piperidine rings is 1. The van der Waals surface area contributed by atoms with Crippen molar-refractivity contribution in [2.24, 2.45) is 0 Å². The lowest BCUT2D eigenvalue weighted by Gasteiger charge is -2.30. The fourth-order valence-corrected chi connectivity index (χ4v) is 2.39. The Hall–Kier alpha value is -0.890. The molecule has 1 aliphatic heterocycles. The predicted octanol–water partition coefficient (Wildman–Crippen LogP) is 3.34. The van der Waals surface area contributed by atoms with Crippen LogP contribution in [0.15, 0.2) is 18.2 Å². The first kappa shape index (κ1) is 10.6. The van der Waals surface area contributed by atoms with Gasteiger partial charge in [0, 0.05) is 12.1 Å². The predicted molar refractivity (Wildman–Crippen MR) is 60.3 cm³/mol. The van der Waals surface area contributed by atoms with Gasteiger partial charge in [-0.1, -0.05) is 18.6 Å². The highest BCUT2D eigenvalue weighted by molar-refractivity contribution is 5.30. The average molecular weight is 207 g/mol. The van der Waals surface area contributed by atoms with Gasteiger partial charge in [-0.3, -0.25) is 0 Å². The molecule has 0 amide bonds. The molecule has 0 spiro atoms. The summed E-state index contributed by atoms with van der Waals surface area (Å²) < 4.78 is 13.4. The number of hydrogen-bond donors (Lipinski definition) is 1. The Labute approximate surface area is 90.7 Å². The van der Waals surface area contributed by atoms with Crippen molar-refractivity contribution < 1.29 is 4.39 Å². The van der Waals surface area contributed by atoms with Crippen molar-refractivity contribution >= 4 is 0 Å². The van der Waals surface area contributed by atoms with Gasteiger partial charge in [0.1, 0.15) is 5.82 Å². The smallest absolute Gasteiger partial charge is 0.126 e. The first-order valence-corrected chi connectivity index (χ1v) is 5.69. The molecule has 15 heavy (non-hydrogen) atoms. The molecule has 0 aliphatic carbocycles. The van der Waals surface area contributed by atoms with E-state index in [4.69, 9.17) is 0 Å². The lowest BCUT2D eigenvalue weighted by molar-refractivity contribution is 0.339. The number of rotatable bonds is 1. The summed E-state index contributed by atoms with van der Waals surface area (Å²) in [6, 6.07) is 6.26. The zero-order valence-corrected chi connectivity index (χ0v) is 9.39. The van der Waals surface area contributed by atoms with Crippen LogP contribution in [0.5, 0.6) is 0 Å². The summed E-state index contributed by atoms with van der Waals surface area (Å²) in [4.78, 5) is 0. The van der Waals surface area contributed by atoms with Crippen LogP contribution in [0, 0.1) is 12.7 Å². The van der Waals surface area contributed by atoms with Gasteiger partial charge in [0.2, 0.25) is 0 Å². The van der Waals surface area contributed by atoms with Crippen LogP contribution in [-0.2, 0) is 0 Å². The molecule has 1 aromatic carbocycles. The zero-order chi connectivity index (χ0) is 10.8. The largest absolute Gasteiger partial charge is 0.307 e. The molecule has 1 saturated heterocycles. The van der Waals surface area contributed by atoms with Gasteiger partial charge in [0.15, 0.2) is 0 Å². The van der Waals surface area contributed by atoms with Gasteiger partial charge >= 0.3 is 0 Å². The van der Waals surface area contributed by atoms with Crippen molar-refractivity contribution in [3.05, 3.63) is 35.1 Å². The molecule has 0 saturated carbocycles. The topological polar surface area (TPSA) is 12.0 Å². The third kappa shape index (κ3) is 2.20. The lowest BCUT2D eigenvalue weighted by Crippen LogP contribution is -2.34. The standard InChI is InChI=1S/C13H18FN/c1-9-5-3-8-13(15-9)11-6-4-7-12(14)10(11)2/h4,6-7,9,13,15H,3,5,8H2,1-2H3. The molecule has 2 rings (SSSR count). The average Bonchev–Trinajstić information content (AvgIpc) is 2.22. The van der Waals surface area contributed by atoms with Crippen molar-refractivity contribution in [3.8, 4) is 0 Å². The highest BCUT2D eigenvalue weighted by Gasteiger charge is 2.21. The van der Waals surface area contributed by atoms with Gasteiger partial charge in [-0.15, -0.1) is 0 Å². The van der Waals surface area contributed by atoms with E-state index in [-0.39, 0.29) is 5.82 Å².